The van der Waals surface area contributed by atoms with Crippen molar-refractivity contribution in [1.82, 2.24) is 4.31 Å². The van der Waals surface area contributed by atoms with E-state index in [1.807, 2.05) is 0 Å². The molecule has 8 nitrogen and oxygen atoms in total. The predicted molar refractivity (Wildman–Crippen MR) is 113 cm³/mol. The lowest BCUT2D eigenvalue weighted by Gasteiger charge is -2.18. The number of carbonyl (C=O) groups excluding carboxylic acids is 2. The average molecular weight is 455 g/mol. The van der Waals surface area contributed by atoms with Crippen LogP contribution in [0.25, 0.3) is 0 Å². The Morgan fingerprint density at radius 1 is 0.967 bits per heavy atom. The molecule has 1 amide bonds. The molecule has 0 heterocycles. The predicted octanol–water partition coefficient (Wildman–Crippen LogP) is 2.93. The first kappa shape index (κ1) is 23.7. The van der Waals surface area contributed by atoms with Gasteiger partial charge in [0.2, 0.25) is 10.0 Å². The smallest absolute Gasteiger partial charge is 0.344 e. The topological polar surface area (TPSA) is 102 Å². The van der Waals surface area contributed by atoms with Gasteiger partial charge in [0.1, 0.15) is 5.75 Å². The Balaban J connectivity index is 1.81. The molecule has 0 unspecified atom stereocenters. The summed E-state index contributed by atoms with van der Waals surface area (Å²) in [5.74, 6) is -0.824. The minimum Gasteiger partial charge on any atom is -0.482 e. The first-order chi connectivity index (χ1) is 14.3. The van der Waals surface area contributed by atoms with E-state index >= 15 is 0 Å². The fraction of sp³-hybridized carbons (Fsp3) is 0.300. The molecule has 0 aromatic heterocycles. The number of amides is 1. The van der Waals surface area contributed by atoms with Crippen molar-refractivity contribution >= 4 is 39.2 Å². The zero-order valence-electron chi connectivity index (χ0n) is 16.6. The third kappa shape index (κ3) is 6.72. The van der Waals surface area contributed by atoms with E-state index in [0.29, 0.717) is 29.5 Å². The van der Waals surface area contributed by atoms with Crippen LogP contribution in [-0.4, -0.2) is 50.9 Å². The van der Waals surface area contributed by atoms with Gasteiger partial charge in [-0.1, -0.05) is 25.4 Å². The number of hydrogen-bond acceptors (Lipinski definition) is 6. The van der Waals surface area contributed by atoms with E-state index in [4.69, 9.17) is 21.1 Å². The van der Waals surface area contributed by atoms with Crippen molar-refractivity contribution in [2.45, 2.75) is 18.7 Å². The average Bonchev–Trinajstić information content (AvgIpc) is 2.73. The lowest BCUT2D eigenvalue weighted by atomic mass is 10.3. The molecule has 0 aliphatic carbocycles. The van der Waals surface area contributed by atoms with Crippen molar-refractivity contribution in [2.75, 3.05) is 31.6 Å². The Hall–Kier alpha value is -2.62. The first-order valence-electron chi connectivity index (χ1n) is 9.20. The summed E-state index contributed by atoms with van der Waals surface area (Å²) < 4.78 is 36.3. The highest BCUT2D eigenvalue weighted by molar-refractivity contribution is 7.89. The van der Waals surface area contributed by atoms with Crippen LogP contribution < -0.4 is 10.1 Å². The fourth-order valence-corrected chi connectivity index (χ4v) is 4.06. The van der Waals surface area contributed by atoms with Crippen LogP contribution in [0.15, 0.2) is 53.4 Å². The molecule has 0 aliphatic rings. The molecule has 2 rings (SSSR count). The summed E-state index contributed by atoms with van der Waals surface area (Å²) in [6.07, 6.45) is 0. The minimum absolute atomic E-state index is 0.134. The Kier molecular flexibility index (Phi) is 8.64. The lowest BCUT2D eigenvalue weighted by molar-refractivity contribution is -0.149. The first-order valence-corrected chi connectivity index (χ1v) is 11.0. The van der Waals surface area contributed by atoms with Crippen LogP contribution in [0.5, 0.6) is 5.75 Å². The molecular formula is C20H23ClN2O6S. The van der Waals surface area contributed by atoms with Crippen LogP contribution in [0.2, 0.25) is 5.02 Å². The van der Waals surface area contributed by atoms with Crippen LogP contribution in [0, 0.1) is 0 Å². The molecule has 0 saturated carbocycles. The van der Waals surface area contributed by atoms with Gasteiger partial charge in [-0.25, -0.2) is 13.2 Å². The van der Waals surface area contributed by atoms with Crippen LogP contribution >= 0.6 is 11.6 Å². The zero-order chi connectivity index (χ0) is 22.1. The summed E-state index contributed by atoms with van der Waals surface area (Å²) in [7, 11) is -3.57. The van der Waals surface area contributed by atoms with Gasteiger partial charge in [-0.3, -0.25) is 4.79 Å². The molecule has 1 N–H and O–H groups in total. The van der Waals surface area contributed by atoms with Crippen molar-refractivity contribution in [3.63, 3.8) is 0 Å². The third-order valence-corrected chi connectivity index (χ3v) is 6.33. The molecule has 0 spiro atoms. The number of hydrogen-bond donors (Lipinski definition) is 1. The lowest BCUT2D eigenvalue weighted by Crippen LogP contribution is -2.30. The van der Waals surface area contributed by atoms with Gasteiger partial charge in [-0.2, -0.15) is 4.31 Å². The molecule has 0 bridgehead atoms. The third-order valence-electron chi connectivity index (χ3n) is 4.02. The molecule has 0 radical (unpaired) electrons. The summed E-state index contributed by atoms with van der Waals surface area (Å²) in [6.45, 7) is 3.40. The highest BCUT2D eigenvalue weighted by Gasteiger charge is 2.21. The summed E-state index contributed by atoms with van der Waals surface area (Å²) in [5.41, 5.74) is 0.381. The van der Waals surface area contributed by atoms with Gasteiger partial charge in [-0.15, -0.1) is 0 Å². The van der Waals surface area contributed by atoms with E-state index in [0.717, 1.165) is 0 Å². The van der Waals surface area contributed by atoms with Gasteiger partial charge >= 0.3 is 5.97 Å². The Morgan fingerprint density at radius 3 is 2.13 bits per heavy atom. The Labute approximate surface area is 180 Å². The van der Waals surface area contributed by atoms with Crippen molar-refractivity contribution in [1.29, 1.82) is 0 Å². The number of ether oxygens (including phenoxy) is 2. The van der Waals surface area contributed by atoms with Gasteiger partial charge in [0.15, 0.2) is 13.2 Å². The number of esters is 1. The monoisotopic (exact) mass is 454 g/mol. The molecule has 10 heteroatoms. The van der Waals surface area contributed by atoms with Gasteiger partial charge in [0.25, 0.3) is 5.91 Å². The van der Waals surface area contributed by atoms with Crippen molar-refractivity contribution in [2.24, 2.45) is 0 Å². The van der Waals surface area contributed by atoms with E-state index in [-0.39, 0.29) is 11.5 Å². The van der Waals surface area contributed by atoms with Crippen LogP contribution in [0.1, 0.15) is 13.8 Å². The fourth-order valence-electron chi connectivity index (χ4n) is 2.48. The van der Waals surface area contributed by atoms with Crippen LogP contribution in [0.3, 0.4) is 0 Å². The molecule has 2 aromatic carbocycles. The largest absolute Gasteiger partial charge is 0.482 e. The maximum atomic E-state index is 12.4. The Bertz CT molecular complexity index is 958. The number of halogens is 1. The van der Waals surface area contributed by atoms with E-state index in [9.17, 15) is 18.0 Å². The summed E-state index contributed by atoms with van der Waals surface area (Å²) in [4.78, 5) is 23.8. The molecule has 162 valence electrons. The number of nitrogens with one attached hydrogen (secondary N) is 1. The number of rotatable bonds is 10. The normalized spacial score (nSPS) is 11.2. The van der Waals surface area contributed by atoms with Crippen LogP contribution in [-0.2, 0) is 24.3 Å². The quantitative estimate of drug-likeness (QED) is 0.554. The maximum Gasteiger partial charge on any atom is 0.344 e. The number of anilines is 1. The maximum absolute atomic E-state index is 12.4. The number of carbonyl (C=O) groups is 2. The molecule has 0 fully saturated rings. The van der Waals surface area contributed by atoms with Gasteiger partial charge in [0.05, 0.1) is 4.90 Å². The second kappa shape index (κ2) is 11.0. The number of nitrogens with zero attached hydrogens (tertiary/aromatic N) is 1. The van der Waals surface area contributed by atoms with Gasteiger partial charge < -0.3 is 14.8 Å². The number of benzene rings is 2. The second-order valence-electron chi connectivity index (χ2n) is 6.07. The minimum atomic E-state index is -3.57. The summed E-state index contributed by atoms with van der Waals surface area (Å²) >= 11 is 5.76. The molecule has 0 saturated heterocycles. The van der Waals surface area contributed by atoms with Crippen LogP contribution in [0.4, 0.5) is 5.69 Å². The molecule has 30 heavy (non-hydrogen) atoms. The van der Waals surface area contributed by atoms with Crippen molar-refractivity contribution < 1.29 is 27.5 Å². The SMILES string of the molecule is CCN(CC)S(=O)(=O)c1ccc(NC(=O)COC(=O)COc2ccc(Cl)cc2)cc1. The highest BCUT2D eigenvalue weighted by Crippen LogP contribution is 2.18. The zero-order valence-corrected chi connectivity index (χ0v) is 18.2. The van der Waals surface area contributed by atoms with E-state index < -0.39 is 28.5 Å². The number of sulfonamides is 1. The second-order valence-corrected chi connectivity index (χ2v) is 8.44. The standard InChI is InChI=1S/C20H23ClN2O6S/c1-3-23(4-2)30(26,27)18-11-7-16(8-12-18)22-19(24)13-29-20(25)14-28-17-9-5-15(21)6-10-17/h5-12H,3-4,13-14H2,1-2H3,(H,22,24). The van der Waals surface area contributed by atoms with Gasteiger partial charge in [0, 0.05) is 23.8 Å². The molecule has 0 atom stereocenters. The molecule has 0 aliphatic heterocycles. The van der Waals surface area contributed by atoms with E-state index in [2.05, 4.69) is 5.32 Å². The molecular weight excluding hydrogens is 432 g/mol. The van der Waals surface area contributed by atoms with Gasteiger partial charge in [-0.05, 0) is 48.5 Å². The van der Waals surface area contributed by atoms with E-state index in [1.165, 1.54) is 28.6 Å². The summed E-state index contributed by atoms with van der Waals surface area (Å²) in [5, 5.41) is 3.08. The van der Waals surface area contributed by atoms with Crippen molar-refractivity contribution in [3.8, 4) is 5.75 Å². The Morgan fingerprint density at radius 2 is 1.57 bits per heavy atom. The molecule has 2 aromatic rings. The van der Waals surface area contributed by atoms with Crippen molar-refractivity contribution in [3.05, 3.63) is 53.6 Å². The highest BCUT2D eigenvalue weighted by atomic mass is 35.5. The summed E-state index contributed by atoms with van der Waals surface area (Å²) in [6, 6.07) is 12.2. The van der Waals surface area contributed by atoms with E-state index in [1.54, 1.807) is 38.1 Å².